The summed E-state index contributed by atoms with van der Waals surface area (Å²) in [6.45, 7) is 8.75. The lowest BCUT2D eigenvalue weighted by molar-refractivity contribution is 0.0214. The van der Waals surface area contributed by atoms with Crippen LogP contribution in [0.5, 0.6) is 0 Å². The van der Waals surface area contributed by atoms with Gasteiger partial charge < -0.3 is 30.9 Å². The van der Waals surface area contributed by atoms with Crippen LogP contribution in [0, 0.1) is 6.92 Å². The summed E-state index contributed by atoms with van der Waals surface area (Å²) < 4.78 is 5.57. The van der Waals surface area contributed by atoms with Gasteiger partial charge in [0.05, 0.1) is 11.6 Å². The Morgan fingerprint density at radius 3 is 2.41 bits per heavy atom. The molecular formula is C28H35N5O4. The Kier molecular flexibility index (Phi) is 6.25. The molecule has 0 unspecified atom stereocenters. The minimum Gasteiger partial charge on any atom is -0.444 e. The second-order valence-electron chi connectivity index (χ2n) is 11.3. The first kappa shape index (κ1) is 24.9. The lowest BCUT2D eigenvalue weighted by atomic mass is 10.1. The highest BCUT2D eigenvalue weighted by Crippen LogP contribution is 2.36. The van der Waals surface area contributed by atoms with Crippen LogP contribution < -0.4 is 21.3 Å². The molecule has 0 spiro atoms. The number of nitrogen functional groups attached to an aromatic ring is 1. The number of benzene rings is 2. The number of nitrogens with one attached hydrogen (secondary N) is 2. The zero-order valence-electron chi connectivity index (χ0n) is 21.8. The van der Waals surface area contributed by atoms with E-state index in [9.17, 15) is 14.4 Å². The van der Waals surface area contributed by atoms with Crippen molar-refractivity contribution < 1.29 is 19.1 Å². The van der Waals surface area contributed by atoms with Crippen LogP contribution in [-0.4, -0.2) is 59.6 Å². The molecule has 1 aliphatic carbocycles. The Hall–Kier alpha value is -3.75. The van der Waals surface area contributed by atoms with Crippen LogP contribution in [-0.2, 0) is 4.74 Å². The van der Waals surface area contributed by atoms with Gasteiger partial charge in [-0.05, 0) is 82.9 Å². The first-order valence-electron chi connectivity index (χ1n) is 12.9. The van der Waals surface area contributed by atoms with E-state index in [4.69, 9.17) is 10.5 Å². The molecule has 9 heteroatoms. The summed E-state index contributed by atoms with van der Waals surface area (Å²) in [6.07, 6.45) is 2.60. The Bertz CT molecular complexity index is 1250. The minimum atomic E-state index is -0.531. The van der Waals surface area contributed by atoms with Gasteiger partial charge in [-0.15, -0.1) is 0 Å². The number of ether oxygens (including phenoxy) is 1. The molecule has 4 N–H and O–H groups in total. The number of likely N-dealkylation sites (tertiary alicyclic amines) is 1. The van der Waals surface area contributed by atoms with Crippen molar-refractivity contribution in [2.75, 3.05) is 29.0 Å². The summed E-state index contributed by atoms with van der Waals surface area (Å²) in [5.41, 5.74) is 9.25. The summed E-state index contributed by atoms with van der Waals surface area (Å²) in [7, 11) is 0. The van der Waals surface area contributed by atoms with Crippen LogP contribution in [0.4, 0.5) is 21.9 Å². The molecule has 196 valence electrons. The third-order valence-electron chi connectivity index (χ3n) is 7.14. The molecule has 2 heterocycles. The van der Waals surface area contributed by atoms with Crippen molar-refractivity contribution >= 4 is 35.0 Å². The standard InChI is InChI=1S/C28H35N5O4/c1-16-5-6-17(25(34)30-18-7-8-18)11-24(16)31-26(35)22-13-19(9-10-23(22)29)32-14-21-12-20(32)15-33(21)27(36)37-28(2,3)4/h5-6,9-11,13,18,20-21H,7-8,12,14-15,29H2,1-4H3,(H,30,34)(H,31,35)/t20-,21-/m0/s1. The number of anilines is 3. The Morgan fingerprint density at radius 1 is 1.00 bits per heavy atom. The minimum absolute atomic E-state index is 0.0712. The number of carbonyl (C=O) groups excluding carboxylic acids is 3. The number of fused-ring (bicyclic) bond motifs is 2. The van der Waals surface area contributed by atoms with Crippen LogP contribution in [0.1, 0.15) is 66.3 Å². The number of hydrogen-bond acceptors (Lipinski definition) is 6. The van der Waals surface area contributed by atoms with E-state index in [0.29, 0.717) is 35.6 Å². The van der Waals surface area contributed by atoms with Crippen molar-refractivity contribution in [1.29, 1.82) is 0 Å². The quantitative estimate of drug-likeness (QED) is 0.531. The molecule has 2 aromatic carbocycles. The summed E-state index contributed by atoms with van der Waals surface area (Å²) >= 11 is 0. The lowest BCUT2D eigenvalue weighted by Crippen LogP contribution is -2.50. The normalized spacial score (nSPS) is 20.6. The maximum atomic E-state index is 13.3. The van der Waals surface area contributed by atoms with Crippen LogP contribution in [0.15, 0.2) is 36.4 Å². The van der Waals surface area contributed by atoms with E-state index in [1.165, 1.54) is 0 Å². The van der Waals surface area contributed by atoms with E-state index < -0.39 is 5.60 Å². The molecule has 2 saturated heterocycles. The van der Waals surface area contributed by atoms with Crippen LogP contribution in [0.25, 0.3) is 0 Å². The van der Waals surface area contributed by atoms with Gasteiger partial charge in [-0.3, -0.25) is 9.59 Å². The molecular weight excluding hydrogens is 470 g/mol. The number of nitrogens with zero attached hydrogens (tertiary/aromatic N) is 2. The maximum absolute atomic E-state index is 13.3. The second-order valence-corrected chi connectivity index (χ2v) is 11.3. The monoisotopic (exact) mass is 505 g/mol. The SMILES string of the molecule is Cc1ccc(C(=O)NC2CC2)cc1NC(=O)c1cc(N2C[C@@H]3C[C@H]2CN3C(=O)OC(C)(C)C)ccc1N. The number of hydrogen-bond donors (Lipinski definition) is 3. The number of piperazine rings is 1. The van der Waals surface area contributed by atoms with E-state index in [1.54, 1.807) is 18.2 Å². The number of rotatable bonds is 5. The molecule has 0 aromatic heterocycles. The molecule has 1 saturated carbocycles. The lowest BCUT2D eigenvalue weighted by Gasteiger charge is -2.36. The van der Waals surface area contributed by atoms with Gasteiger partial charge >= 0.3 is 6.09 Å². The molecule has 3 fully saturated rings. The predicted molar refractivity (Wildman–Crippen MR) is 143 cm³/mol. The number of carbonyl (C=O) groups is 3. The maximum Gasteiger partial charge on any atom is 0.410 e. The average molecular weight is 506 g/mol. The zero-order chi connectivity index (χ0) is 26.5. The van der Waals surface area contributed by atoms with E-state index in [0.717, 1.165) is 30.5 Å². The van der Waals surface area contributed by atoms with Crippen LogP contribution >= 0.6 is 0 Å². The van der Waals surface area contributed by atoms with Gasteiger partial charge in [0.2, 0.25) is 0 Å². The van der Waals surface area contributed by atoms with E-state index in [2.05, 4.69) is 15.5 Å². The topological polar surface area (TPSA) is 117 Å². The van der Waals surface area contributed by atoms with Crippen molar-refractivity contribution in [2.24, 2.45) is 0 Å². The van der Waals surface area contributed by atoms with Crippen molar-refractivity contribution in [3.05, 3.63) is 53.1 Å². The number of aryl methyl sites for hydroxylation is 1. The molecule has 2 aliphatic heterocycles. The van der Waals surface area contributed by atoms with Gasteiger partial charge in [0, 0.05) is 47.8 Å². The fourth-order valence-corrected chi connectivity index (χ4v) is 5.03. The third-order valence-corrected chi connectivity index (χ3v) is 7.14. The molecule has 2 bridgehead atoms. The van der Waals surface area contributed by atoms with Crippen molar-refractivity contribution in [1.82, 2.24) is 10.2 Å². The van der Waals surface area contributed by atoms with Gasteiger partial charge in [0.15, 0.2) is 0 Å². The summed E-state index contributed by atoms with van der Waals surface area (Å²) in [5.74, 6) is -0.467. The first-order chi connectivity index (χ1) is 17.5. The van der Waals surface area contributed by atoms with Gasteiger partial charge in [-0.25, -0.2) is 4.79 Å². The molecule has 5 rings (SSSR count). The third kappa shape index (κ3) is 5.35. The van der Waals surface area contributed by atoms with Gasteiger partial charge in [-0.1, -0.05) is 6.07 Å². The molecule has 37 heavy (non-hydrogen) atoms. The van der Waals surface area contributed by atoms with Crippen molar-refractivity contribution in [3.8, 4) is 0 Å². The summed E-state index contributed by atoms with van der Waals surface area (Å²) in [4.78, 5) is 42.4. The average Bonchev–Trinajstić information content (AvgIpc) is 3.40. The Balaban J connectivity index is 1.29. The highest BCUT2D eigenvalue weighted by atomic mass is 16.6. The summed E-state index contributed by atoms with van der Waals surface area (Å²) in [5, 5.41) is 5.91. The Morgan fingerprint density at radius 2 is 1.76 bits per heavy atom. The highest BCUT2D eigenvalue weighted by molar-refractivity contribution is 6.09. The van der Waals surface area contributed by atoms with Crippen molar-refractivity contribution in [2.45, 2.75) is 70.7 Å². The molecule has 2 atom stereocenters. The molecule has 3 aliphatic rings. The van der Waals surface area contributed by atoms with Crippen LogP contribution in [0.2, 0.25) is 0 Å². The fraction of sp³-hybridized carbons (Fsp3) is 0.464. The Labute approximate surface area is 217 Å². The first-order valence-corrected chi connectivity index (χ1v) is 12.9. The van der Waals surface area contributed by atoms with E-state index in [1.807, 2.05) is 50.8 Å². The molecule has 3 amide bonds. The largest absolute Gasteiger partial charge is 0.444 e. The molecule has 2 aromatic rings. The highest BCUT2D eigenvalue weighted by Gasteiger charge is 2.46. The zero-order valence-corrected chi connectivity index (χ0v) is 21.8. The second kappa shape index (κ2) is 9.28. The van der Waals surface area contributed by atoms with Crippen molar-refractivity contribution in [3.63, 3.8) is 0 Å². The van der Waals surface area contributed by atoms with Gasteiger partial charge in [0.25, 0.3) is 11.8 Å². The van der Waals surface area contributed by atoms with Gasteiger partial charge in [-0.2, -0.15) is 0 Å². The van der Waals surface area contributed by atoms with E-state index in [-0.39, 0.29) is 36.0 Å². The number of amides is 3. The smallest absolute Gasteiger partial charge is 0.410 e. The summed E-state index contributed by atoms with van der Waals surface area (Å²) in [6, 6.07) is 11.2. The number of nitrogens with two attached hydrogens (primary N) is 1. The molecule has 9 nitrogen and oxygen atoms in total. The van der Waals surface area contributed by atoms with Crippen LogP contribution in [0.3, 0.4) is 0 Å². The molecule has 0 radical (unpaired) electrons. The van der Waals surface area contributed by atoms with Gasteiger partial charge in [0.1, 0.15) is 5.60 Å². The fourth-order valence-electron chi connectivity index (χ4n) is 5.03. The predicted octanol–water partition coefficient (Wildman–Crippen LogP) is 3.92. The van der Waals surface area contributed by atoms with E-state index >= 15 is 0 Å².